The summed E-state index contributed by atoms with van der Waals surface area (Å²) in [5, 5.41) is 12.2. The van der Waals surface area contributed by atoms with Crippen LogP contribution in [-0.4, -0.2) is 21.7 Å². The quantitative estimate of drug-likeness (QED) is 0.469. The summed E-state index contributed by atoms with van der Waals surface area (Å²) in [6.07, 6.45) is 2.70. The van der Waals surface area contributed by atoms with Gasteiger partial charge < -0.3 is 5.32 Å². The molecule has 2 aromatic carbocycles. The minimum Gasteiger partial charge on any atom is -0.325 e. The average molecular weight is 465 g/mol. The molecular weight excluding hydrogens is 432 g/mol. The van der Waals surface area contributed by atoms with E-state index in [1.807, 2.05) is 47.3 Å². The standard InChI is InChI=1S/C27H33ClN4O/c1-17(2)18-8-12-21(13-9-18)29-26(33)24-16-22(23-14-15-32(31-23)27(3,4)5)25(30-24)19-6-10-20(28)11-7-19/h6-15,17,22,24-25,30H,16H2,1-5H3,(H,29,33)/t22-,24+,25+/m1/s1. The molecule has 0 aliphatic carbocycles. The SMILES string of the molecule is CC(C)c1ccc(NC(=O)[C@@H]2C[C@H](c3ccn(C(C)(C)C)n3)[C@H](c3ccc(Cl)cc3)N2)cc1. The van der Waals surface area contributed by atoms with E-state index in [1.165, 1.54) is 5.56 Å². The Kier molecular flexibility index (Phi) is 6.64. The van der Waals surface area contributed by atoms with Gasteiger partial charge in [0.15, 0.2) is 0 Å². The molecule has 1 aromatic heterocycles. The lowest BCUT2D eigenvalue weighted by Crippen LogP contribution is -2.36. The molecule has 1 amide bonds. The maximum absolute atomic E-state index is 13.2. The molecule has 3 aromatic rings. The van der Waals surface area contributed by atoms with E-state index in [4.69, 9.17) is 16.7 Å². The molecule has 0 unspecified atom stereocenters. The van der Waals surface area contributed by atoms with E-state index in [0.29, 0.717) is 17.4 Å². The summed E-state index contributed by atoms with van der Waals surface area (Å²) in [5.41, 5.74) is 4.07. The highest BCUT2D eigenvalue weighted by atomic mass is 35.5. The van der Waals surface area contributed by atoms with Crippen LogP contribution in [0, 0.1) is 0 Å². The molecule has 2 N–H and O–H groups in total. The molecule has 1 aliphatic heterocycles. The Bertz CT molecular complexity index is 1100. The largest absolute Gasteiger partial charge is 0.325 e. The number of aromatic nitrogens is 2. The monoisotopic (exact) mass is 464 g/mol. The Labute approximate surface area is 201 Å². The van der Waals surface area contributed by atoms with Gasteiger partial charge >= 0.3 is 0 Å². The van der Waals surface area contributed by atoms with Gasteiger partial charge in [0.2, 0.25) is 5.91 Å². The summed E-state index contributed by atoms with van der Waals surface area (Å²) in [7, 11) is 0. The van der Waals surface area contributed by atoms with Crippen LogP contribution in [0.25, 0.3) is 0 Å². The molecule has 6 heteroatoms. The van der Waals surface area contributed by atoms with Gasteiger partial charge in [-0.05, 0) is 74.6 Å². The lowest BCUT2D eigenvalue weighted by Gasteiger charge is -2.21. The van der Waals surface area contributed by atoms with Gasteiger partial charge in [-0.2, -0.15) is 5.10 Å². The van der Waals surface area contributed by atoms with Crippen LogP contribution in [0.4, 0.5) is 5.69 Å². The van der Waals surface area contributed by atoms with Crippen molar-refractivity contribution >= 4 is 23.2 Å². The lowest BCUT2D eigenvalue weighted by atomic mass is 9.90. The van der Waals surface area contributed by atoms with Crippen LogP contribution in [-0.2, 0) is 10.3 Å². The van der Waals surface area contributed by atoms with Crippen LogP contribution in [0.2, 0.25) is 5.02 Å². The molecule has 0 bridgehead atoms. The molecule has 5 nitrogen and oxygen atoms in total. The third-order valence-corrected chi connectivity index (χ3v) is 6.59. The highest BCUT2D eigenvalue weighted by Crippen LogP contribution is 2.40. The Hall–Kier alpha value is -2.63. The van der Waals surface area contributed by atoms with E-state index in [0.717, 1.165) is 16.9 Å². The highest BCUT2D eigenvalue weighted by Gasteiger charge is 2.40. The Balaban J connectivity index is 1.57. The van der Waals surface area contributed by atoms with Crippen molar-refractivity contribution in [2.45, 2.75) is 70.5 Å². The number of rotatable bonds is 5. The van der Waals surface area contributed by atoms with Crippen LogP contribution in [0.15, 0.2) is 60.8 Å². The zero-order valence-electron chi connectivity index (χ0n) is 20.0. The number of halogens is 1. The molecular formula is C27H33ClN4O. The van der Waals surface area contributed by atoms with E-state index in [-0.39, 0.29) is 29.4 Å². The number of anilines is 1. The Morgan fingerprint density at radius 3 is 2.33 bits per heavy atom. The number of carbonyl (C=O) groups excluding carboxylic acids is 1. The van der Waals surface area contributed by atoms with Crippen molar-refractivity contribution in [1.82, 2.24) is 15.1 Å². The summed E-state index contributed by atoms with van der Waals surface area (Å²) in [6, 6.07) is 17.7. The predicted molar refractivity (Wildman–Crippen MR) is 135 cm³/mol. The second-order valence-electron chi connectivity index (χ2n) is 10.2. The second kappa shape index (κ2) is 9.32. The van der Waals surface area contributed by atoms with E-state index in [2.05, 4.69) is 63.5 Å². The van der Waals surface area contributed by atoms with Crippen LogP contribution < -0.4 is 10.6 Å². The summed E-state index contributed by atoms with van der Waals surface area (Å²) < 4.78 is 1.99. The first kappa shape index (κ1) is 23.5. The summed E-state index contributed by atoms with van der Waals surface area (Å²) in [5.74, 6) is 0.512. The number of benzene rings is 2. The van der Waals surface area contributed by atoms with E-state index < -0.39 is 0 Å². The van der Waals surface area contributed by atoms with Crippen LogP contribution in [0.1, 0.15) is 75.7 Å². The molecule has 0 radical (unpaired) electrons. The van der Waals surface area contributed by atoms with Crippen LogP contribution in [0.5, 0.6) is 0 Å². The Morgan fingerprint density at radius 1 is 1.09 bits per heavy atom. The molecule has 33 heavy (non-hydrogen) atoms. The van der Waals surface area contributed by atoms with Gasteiger partial charge in [-0.1, -0.05) is 49.7 Å². The number of nitrogens with one attached hydrogen (secondary N) is 2. The van der Waals surface area contributed by atoms with E-state index in [1.54, 1.807) is 0 Å². The Morgan fingerprint density at radius 2 is 1.76 bits per heavy atom. The van der Waals surface area contributed by atoms with Gasteiger partial charge in [-0.3, -0.25) is 14.8 Å². The van der Waals surface area contributed by atoms with Crippen molar-refractivity contribution in [1.29, 1.82) is 0 Å². The highest BCUT2D eigenvalue weighted by molar-refractivity contribution is 6.30. The maximum atomic E-state index is 13.2. The third-order valence-electron chi connectivity index (χ3n) is 6.34. The smallest absolute Gasteiger partial charge is 0.241 e. The molecule has 1 fully saturated rings. The van der Waals surface area contributed by atoms with Gasteiger partial charge in [0.05, 0.1) is 17.3 Å². The maximum Gasteiger partial charge on any atom is 0.241 e. The first-order valence-electron chi connectivity index (χ1n) is 11.6. The van der Waals surface area contributed by atoms with Crippen LogP contribution >= 0.6 is 11.6 Å². The zero-order valence-corrected chi connectivity index (χ0v) is 20.7. The first-order chi connectivity index (χ1) is 15.6. The molecule has 0 spiro atoms. The molecule has 4 rings (SSSR count). The minimum absolute atomic E-state index is 0.0235. The number of nitrogens with zero attached hydrogens (tertiary/aromatic N) is 2. The summed E-state index contributed by atoms with van der Waals surface area (Å²) in [4.78, 5) is 13.2. The third kappa shape index (κ3) is 5.31. The minimum atomic E-state index is -0.319. The fourth-order valence-corrected chi connectivity index (χ4v) is 4.48. The fourth-order valence-electron chi connectivity index (χ4n) is 4.35. The van der Waals surface area contributed by atoms with Gasteiger partial charge in [0.1, 0.15) is 0 Å². The second-order valence-corrected chi connectivity index (χ2v) is 10.6. The predicted octanol–water partition coefficient (Wildman–Crippen LogP) is 6.24. The van der Waals surface area contributed by atoms with Gasteiger partial charge in [0, 0.05) is 28.9 Å². The molecule has 1 aliphatic rings. The van der Waals surface area contributed by atoms with Crippen molar-refractivity contribution in [3.8, 4) is 0 Å². The summed E-state index contributed by atoms with van der Waals surface area (Å²) >= 11 is 6.12. The fraction of sp³-hybridized carbons (Fsp3) is 0.407. The number of carbonyl (C=O) groups is 1. The topological polar surface area (TPSA) is 59.0 Å². The molecule has 174 valence electrons. The van der Waals surface area contributed by atoms with Crippen molar-refractivity contribution in [2.75, 3.05) is 5.32 Å². The zero-order chi connectivity index (χ0) is 23.8. The average Bonchev–Trinajstić information content (AvgIpc) is 3.42. The van der Waals surface area contributed by atoms with Gasteiger partial charge in [0.25, 0.3) is 0 Å². The van der Waals surface area contributed by atoms with Crippen molar-refractivity contribution < 1.29 is 4.79 Å². The molecule has 0 saturated carbocycles. The van der Waals surface area contributed by atoms with Gasteiger partial charge in [-0.15, -0.1) is 0 Å². The van der Waals surface area contributed by atoms with E-state index in [9.17, 15) is 4.79 Å². The van der Waals surface area contributed by atoms with Gasteiger partial charge in [-0.25, -0.2) is 0 Å². The lowest BCUT2D eigenvalue weighted by molar-refractivity contribution is -0.117. The number of hydrogen-bond acceptors (Lipinski definition) is 3. The first-order valence-corrected chi connectivity index (χ1v) is 12.0. The van der Waals surface area contributed by atoms with Crippen molar-refractivity contribution in [3.63, 3.8) is 0 Å². The molecule has 3 atom stereocenters. The molecule has 1 saturated heterocycles. The van der Waals surface area contributed by atoms with Crippen molar-refractivity contribution in [2.24, 2.45) is 0 Å². The number of amides is 1. The molecule has 2 heterocycles. The summed E-state index contributed by atoms with van der Waals surface area (Å²) in [6.45, 7) is 10.7. The van der Waals surface area contributed by atoms with E-state index >= 15 is 0 Å². The van der Waals surface area contributed by atoms with Crippen LogP contribution in [0.3, 0.4) is 0 Å². The number of hydrogen-bond donors (Lipinski definition) is 2. The van der Waals surface area contributed by atoms with Crippen molar-refractivity contribution in [3.05, 3.63) is 82.6 Å². The normalized spacial score (nSPS) is 20.9.